The third kappa shape index (κ3) is 1.75. The van der Waals surface area contributed by atoms with Gasteiger partial charge in [-0.15, -0.1) is 0 Å². The van der Waals surface area contributed by atoms with Crippen LogP contribution < -0.4 is 10.5 Å². The number of nitriles is 1. The minimum Gasteiger partial charge on any atom is -0.474 e. The third-order valence-corrected chi connectivity index (χ3v) is 2.25. The molecule has 1 atom stereocenters. The predicted molar refractivity (Wildman–Crippen MR) is 61.9 cm³/mol. The van der Waals surface area contributed by atoms with Crippen LogP contribution in [0, 0.1) is 11.3 Å². The van der Waals surface area contributed by atoms with Crippen molar-refractivity contribution in [1.82, 2.24) is 4.98 Å². The van der Waals surface area contributed by atoms with Gasteiger partial charge in [-0.1, -0.05) is 0 Å². The maximum absolute atomic E-state index is 8.70. The fourth-order valence-corrected chi connectivity index (χ4v) is 1.48. The van der Waals surface area contributed by atoms with Crippen LogP contribution in [0.5, 0.6) is 5.75 Å². The van der Waals surface area contributed by atoms with Gasteiger partial charge in [-0.2, -0.15) is 5.26 Å². The average molecular weight is 213 g/mol. The maximum Gasteiger partial charge on any atom is 0.181 e. The summed E-state index contributed by atoms with van der Waals surface area (Å²) in [4.78, 5) is 4.21. The van der Waals surface area contributed by atoms with E-state index in [1.165, 1.54) is 0 Å². The van der Waals surface area contributed by atoms with E-state index in [0.717, 1.165) is 5.39 Å². The van der Waals surface area contributed by atoms with E-state index in [4.69, 9.17) is 15.7 Å². The van der Waals surface area contributed by atoms with Gasteiger partial charge in [0.1, 0.15) is 17.3 Å². The van der Waals surface area contributed by atoms with Crippen LogP contribution in [-0.4, -0.2) is 11.1 Å². The molecule has 0 amide bonds. The highest BCUT2D eigenvalue weighted by Crippen LogP contribution is 2.28. The Kier molecular flexibility index (Phi) is 2.61. The Labute approximate surface area is 93.3 Å². The molecule has 1 unspecified atom stereocenters. The van der Waals surface area contributed by atoms with Crippen LogP contribution in [0.3, 0.4) is 0 Å². The molecule has 0 fully saturated rings. The number of rotatable bonds is 2. The Bertz CT molecular complexity index is 560. The first kappa shape index (κ1) is 10.2. The number of benzene rings is 1. The molecule has 0 saturated heterocycles. The summed E-state index contributed by atoms with van der Waals surface area (Å²) in [6.07, 6.45) is 1.17. The summed E-state index contributed by atoms with van der Waals surface area (Å²) in [7, 11) is 0. The Morgan fingerprint density at radius 1 is 1.44 bits per heavy atom. The van der Waals surface area contributed by atoms with Crippen molar-refractivity contribution in [2.24, 2.45) is 0 Å². The molecule has 4 heteroatoms. The number of nitrogens with two attached hydrogens (primary N) is 1. The van der Waals surface area contributed by atoms with E-state index >= 15 is 0 Å². The first-order valence-corrected chi connectivity index (χ1v) is 4.92. The minimum atomic E-state index is -0.506. The van der Waals surface area contributed by atoms with Gasteiger partial charge in [-0.05, 0) is 31.2 Å². The second kappa shape index (κ2) is 4.07. The molecular weight excluding hydrogens is 202 g/mol. The molecule has 16 heavy (non-hydrogen) atoms. The molecule has 4 nitrogen and oxygen atoms in total. The molecule has 1 aromatic heterocycles. The zero-order valence-corrected chi connectivity index (χ0v) is 8.84. The molecule has 80 valence electrons. The Morgan fingerprint density at radius 3 is 3.00 bits per heavy atom. The summed E-state index contributed by atoms with van der Waals surface area (Å²) in [6, 6.07) is 9.19. The molecule has 0 spiro atoms. The fourth-order valence-electron chi connectivity index (χ4n) is 1.48. The number of hydrogen-bond donors (Lipinski definition) is 1. The van der Waals surface area contributed by atoms with Gasteiger partial charge in [-0.25, -0.2) is 0 Å². The third-order valence-electron chi connectivity index (χ3n) is 2.25. The smallest absolute Gasteiger partial charge is 0.181 e. The highest BCUT2D eigenvalue weighted by molar-refractivity contribution is 5.94. The number of fused-ring (bicyclic) bond motifs is 1. The lowest BCUT2D eigenvalue weighted by Crippen LogP contribution is -2.08. The standard InChI is InChI=1S/C12H11N3O/c1-8(7-13)16-11-5-4-10(14)9-3-2-6-15-12(9)11/h2-6,8H,14H2,1H3. The molecule has 0 aliphatic heterocycles. The zero-order valence-electron chi connectivity index (χ0n) is 8.84. The summed E-state index contributed by atoms with van der Waals surface area (Å²) in [5.41, 5.74) is 7.17. The van der Waals surface area contributed by atoms with E-state index < -0.39 is 6.10 Å². The molecule has 0 aliphatic carbocycles. The van der Waals surface area contributed by atoms with Crippen LogP contribution >= 0.6 is 0 Å². The Hall–Kier alpha value is -2.28. The number of ether oxygens (including phenoxy) is 1. The molecule has 2 rings (SSSR count). The van der Waals surface area contributed by atoms with Gasteiger partial charge in [0.25, 0.3) is 0 Å². The average Bonchev–Trinajstić information content (AvgIpc) is 2.33. The van der Waals surface area contributed by atoms with Crippen molar-refractivity contribution in [2.75, 3.05) is 5.73 Å². The van der Waals surface area contributed by atoms with Crippen LogP contribution in [0.25, 0.3) is 10.9 Å². The summed E-state index contributed by atoms with van der Waals surface area (Å²) in [5.74, 6) is 0.582. The number of pyridine rings is 1. The molecule has 1 aromatic carbocycles. The first-order valence-electron chi connectivity index (χ1n) is 4.92. The topological polar surface area (TPSA) is 71.9 Å². The van der Waals surface area contributed by atoms with Crippen LogP contribution in [0.15, 0.2) is 30.5 Å². The van der Waals surface area contributed by atoms with E-state index in [2.05, 4.69) is 4.98 Å². The van der Waals surface area contributed by atoms with E-state index in [9.17, 15) is 0 Å². The Morgan fingerprint density at radius 2 is 2.25 bits per heavy atom. The zero-order chi connectivity index (χ0) is 11.5. The highest BCUT2D eigenvalue weighted by atomic mass is 16.5. The molecule has 0 saturated carbocycles. The van der Waals surface area contributed by atoms with Gasteiger partial charge in [0, 0.05) is 17.3 Å². The predicted octanol–water partition coefficient (Wildman–Crippen LogP) is 2.11. The van der Waals surface area contributed by atoms with Crippen molar-refractivity contribution in [2.45, 2.75) is 13.0 Å². The quantitative estimate of drug-likeness (QED) is 0.775. The minimum absolute atomic E-state index is 0.506. The normalized spacial score (nSPS) is 12.0. The van der Waals surface area contributed by atoms with E-state index in [1.54, 1.807) is 25.3 Å². The highest BCUT2D eigenvalue weighted by Gasteiger charge is 2.08. The van der Waals surface area contributed by atoms with Crippen molar-refractivity contribution in [3.63, 3.8) is 0 Å². The van der Waals surface area contributed by atoms with Crippen molar-refractivity contribution in [3.05, 3.63) is 30.5 Å². The first-order chi connectivity index (χ1) is 7.72. The lowest BCUT2D eigenvalue weighted by molar-refractivity contribution is 0.279. The molecule has 2 aromatic rings. The van der Waals surface area contributed by atoms with Crippen molar-refractivity contribution >= 4 is 16.6 Å². The number of nitrogen functional groups attached to an aromatic ring is 1. The molecule has 2 N–H and O–H groups in total. The van der Waals surface area contributed by atoms with Crippen LogP contribution in [0.4, 0.5) is 5.69 Å². The van der Waals surface area contributed by atoms with E-state index in [1.807, 2.05) is 18.2 Å². The summed E-state index contributed by atoms with van der Waals surface area (Å²) < 4.78 is 5.45. The SMILES string of the molecule is CC(C#N)Oc1ccc(N)c2cccnc12. The molecular formula is C12H11N3O. The molecule has 1 heterocycles. The van der Waals surface area contributed by atoms with Crippen molar-refractivity contribution in [3.8, 4) is 11.8 Å². The Balaban J connectivity index is 2.55. The summed E-state index contributed by atoms with van der Waals surface area (Å²) >= 11 is 0. The van der Waals surface area contributed by atoms with Gasteiger partial charge >= 0.3 is 0 Å². The number of nitrogens with zero attached hydrogens (tertiary/aromatic N) is 2. The largest absolute Gasteiger partial charge is 0.474 e. The van der Waals surface area contributed by atoms with Crippen LogP contribution in [0.1, 0.15) is 6.92 Å². The van der Waals surface area contributed by atoms with Gasteiger partial charge in [0.2, 0.25) is 0 Å². The second-order valence-electron chi connectivity index (χ2n) is 3.44. The molecule has 0 radical (unpaired) electrons. The van der Waals surface area contributed by atoms with Crippen LogP contribution in [-0.2, 0) is 0 Å². The number of hydrogen-bond acceptors (Lipinski definition) is 4. The molecule has 0 aliphatic rings. The van der Waals surface area contributed by atoms with Crippen LogP contribution in [0.2, 0.25) is 0 Å². The number of aromatic nitrogens is 1. The summed E-state index contributed by atoms with van der Waals surface area (Å²) in [6.45, 7) is 1.69. The van der Waals surface area contributed by atoms with Gasteiger partial charge in [0.05, 0.1) is 0 Å². The van der Waals surface area contributed by atoms with E-state index in [-0.39, 0.29) is 0 Å². The lowest BCUT2D eigenvalue weighted by Gasteiger charge is -2.10. The monoisotopic (exact) mass is 213 g/mol. The maximum atomic E-state index is 8.70. The lowest BCUT2D eigenvalue weighted by atomic mass is 10.1. The van der Waals surface area contributed by atoms with Gasteiger partial charge in [-0.3, -0.25) is 4.98 Å². The molecule has 0 bridgehead atoms. The van der Waals surface area contributed by atoms with Gasteiger partial charge < -0.3 is 10.5 Å². The second-order valence-corrected chi connectivity index (χ2v) is 3.44. The van der Waals surface area contributed by atoms with Crippen molar-refractivity contribution in [1.29, 1.82) is 5.26 Å². The van der Waals surface area contributed by atoms with Crippen molar-refractivity contribution < 1.29 is 4.74 Å². The number of anilines is 1. The van der Waals surface area contributed by atoms with Gasteiger partial charge in [0.15, 0.2) is 6.10 Å². The van der Waals surface area contributed by atoms with E-state index in [0.29, 0.717) is 17.0 Å². The summed E-state index contributed by atoms with van der Waals surface area (Å²) in [5, 5.41) is 9.54. The fraction of sp³-hybridized carbons (Fsp3) is 0.167.